The molecule has 0 bridgehead atoms. The minimum Gasteiger partial charge on any atom is -0.397 e. The van der Waals surface area contributed by atoms with Crippen molar-refractivity contribution >= 4 is 17.4 Å². The Morgan fingerprint density at radius 3 is 2.65 bits per heavy atom. The van der Waals surface area contributed by atoms with Crippen LogP contribution in [-0.2, 0) is 13.1 Å². The molecule has 6 heteroatoms. The van der Waals surface area contributed by atoms with E-state index in [4.69, 9.17) is 5.73 Å². The molecular formula is C20H19N5O. The van der Waals surface area contributed by atoms with Gasteiger partial charge in [-0.1, -0.05) is 35.9 Å². The van der Waals surface area contributed by atoms with Gasteiger partial charge < -0.3 is 16.0 Å². The summed E-state index contributed by atoms with van der Waals surface area (Å²) in [7, 11) is 0. The maximum atomic E-state index is 12.6. The lowest BCUT2D eigenvalue weighted by atomic mass is 10.0. The molecule has 0 radical (unpaired) electrons. The van der Waals surface area contributed by atoms with Gasteiger partial charge in [-0.15, -0.1) is 0 Å². The van der Waals surface area contributed by atoms with Crippen LogP contribution in [0.4, 0.5) is 16.2 Å². The predicted octanol–water partition coefficient (Wildman–Crippen LogP) is 3.58. The van der Waals surface area contributed by atoms with Crippen molar-refractivity contribution in [1.82, 2.24) is 14.9 Å². The van der Waals surface area contributed by atoms with Gasteiger partial charge in [0.2, 0.25) is 0 Å². The lowest BCUT2D eigenvalue weighted by Gasteiger charge is -2.17. The zero-order valence-corrected chi connectivity index (χ0v) is 14.4. The monoisotopic (exact) mass is 345 g/mol. The number of amides is 2. The Balaban J connectivity index is 1.54. The van der Waals surface area contributed by atoms with Gasteiger partial charge in [-0.2, -0.15) is 0 Å². The fourth-order valence-electron chi connectivity index (χ4n) is 3.03. The van der Waals surface area contributed by atoms with Crippen molar-refractivity contribution in [3.63, 3.8) is 0 Å². The van der Waals surface area contributed by atoms with Crippen molar-refractivity contribution in [1.29, 1.82) is 0 Å². The molecular weight excluding hydrogens is 326 g/mol. The number of carbonyl (C=O) groups excluding carboxylic acids is 1. The Hall–Kier alpha value is -3.41. The molecule has 0 aliphatic carbocycles. The highest BCUT2D eigenvalue weighted by Crippen LogP contribution is 2.28. The van der Waals surface area contributed by atoms with Gasteiger partial charge in [0.05, 0.1) is 30.2 Å². The summed E-state index contributed by atoms with van der Waals surface area (Å²) < 4.78 is 0. The number of carbonyl (C=O) groups is 1. The zero-order chi connectivity index (χ0) is 18.1. The third-order valence-electron chi connectivity index (χ3n) is 4.55. The number of fused-ring (bicyclic) bond motifs is 1. The number of nitrogens with one attached hydrogen (secondary N) is 1. The normalized spacial score (nSPS) is 12.7. The summed E-state index contributed by atoms with van der Waals surface area (Å²) in [5, 5.41) is 2.92. The maximum Gasteiger partial charge on any atom is 0.322 e. The Morgan fingerprint density at radius 1 is 1.12 bits per heavy atom. The SMILES string of the molecule is Cc1ccc(-c2ccc(N)c(NC(=O)N3Cc4cncnc4C3)c2)cc1. The van der Waals surface area contributed by atoms with E-state index in [1.807, 2.05) is 18.2 Å². The number of anilines is 2. The van der Waals surface area contributed by atoms with E-state index in [2.05, 4.69) is 46.5 Å². The van der Waals surface area contributed by atoms with E-state index in [0.717, 1.165) is 22.4 Å². The van der Waals surface area contributed by atoms with Crippen LogP contribution in [0.3, 0.4) is 0 Å². The van der Waals surface area contributed by atoms with Crippen LogP contribution in [0, 0.1) is 6.92 Å². The molecule has 1 aliphatic heterocycles. The van der Waals surface area contributed by atoms with Gasteiger partial charge in [0.15, 0.2) is 0 Å². The minimum atomic E-state index is -0.198. The summed E-state index contributed by atoms with van der Waals surface area (Å²) in [4.78, 5) is 22.6. The maximum absolute atomic E-state index is 12.6. The Labute approximate surface area is 151 Å². The first kappa shape index (κ1) is 16.1. The summed E-state index contributed by atoms with van der Waals surface area (Å²) in [6, 6.07) is 13.7. The van der Waals surface area contributed by atoms with Crippen molar-refractivity contribution in [3.8, 4) is 11.1 Å². The summed E-state index contributed by atoms with van der Waals surface area (Å²) in [5.41, 5.74) is 12.4. The minimum absolute atomic E-state index is 0.198. The van der Waals surface area contributed by atoms with E-state index < -0.39 is 0 Å². The first-order valence-electron chi connectivity index (χ1n) is 8.40. The second-order valence-electron chi connectivity index (χ2n) is 6.45. The first-order valence-corrected chi connectivity index (χ1v) is 8.40. The molecule has 2 amide bonds. The standard InChI is InChI=1S/C20H19N5O/c1-13-2-4-14(5-3-13)15-6-7-17(21)18(8-15)24-20(26)25-10-16-9-22-12-23-19(16)11-25/h2-9,12H,10-11,21H2,1H3,(H,24,26). The number of urea groups is 1. The molecule has 0 unspecified atom stereocenters. The second kappa shape index (κ2) is 6.48. The molecule has 3 aromatic rings. The first-order chi connectivity index (χ1) is 12.6. The Bertz CT molecular complexity index is 943. The molecule has 2 heterocycles. The smallest absolute Gasteiger partial charge is 0.322 e. The molecule has 4 rings (SSSR count). The predicted molar refractivity (Wildman–Crippen MR) is 101 cm³/mol. The lowest BCUT2D eigenvalue weighted by molar-refractivity contribution is 0.212. The number of nitrogen functional groups attached to an aromatic ring is 1. The fraction of sp³-hybridized carbons (Fsp3) is 0.150. The molecule has 1 aliphatic rings. The van der Waals surface area contributed by atoms with Crippen molar-refractivity contribution in [2.24, 2.45) is 0 Å². The van der Waals surface area contributed by atoms with Crippen LogP contribution in [0.15, 0.2) is 55.0 Å². The van der Waals surface area contributed by atoms with Crippen LogP contribution in [0.5, 0.6) is 0 Å². The molecule has 0 saturated carbocycles. The average Bonchev–Trinajstić information content (AvgIpc) is 3.09. The number of rotatable bonds is 2. The van der Waals surface area contributed by atoms with E-state index in [9.17, 15) is 4.79 Å². The van der Waals surface area contributed by atoms with Crippen molar-refractivity contribution < 1.29 is 4.79 Å². The lowest BCUT2D eigenvalue weighted by Crippen LogP contribution is -2.30. The molecule has 0 saturated heterocycles. The molecule has 3 N–H and O–H groups in total. The summed E-state index contributed by atoms with van der Waals surface area (Å²) in [6.45, 7) is 3.03. The molecule has 6 nitrogen and oxygen atoms in total. The largest absolute Gasteiger partial charge is 0.397 e. The number of hydrogen-bond donors (Lipinski definition) is 2. The Morgan fingerprint density at radius 2 is 1.88 bits per heavy atom. The Kier molecular flexibility index (Phi) is 4.01. The van der Waals surface area contributed by atoms with Crippen molar-refractivity contribution in [3.05, 3.63) is 71.8 Å². The van der Waals surface area contributed by atoms with Gasteiger partial charge in [-0.3, -0.25) is 0 Å². The molecule has 0 atom stereocenters. The summed E-state index contributed by atoms with van der Waals surface area (Å²) >= 11 is 0. The van der Waals surface area contributed by atoms with Gasteiger partial charge in [0, 0.05) is 11.8 Å². The number of aromatic nitrogens is 2. The van der Waals surface area contributed by atoms with E-state index in [1.165, 1.54) is 11.9 Å². The molecule has 0 fully saturated rings. The second-order valence-corrected chi connectivity index (χ2v) is 6.45. The molecule has 26 heavy (non-hydrogen) atoms. The van der Waals surface area contributed by atoms with E-state index in [-0.39, 0.29) is 6.03 Å². The number of benzene rings is 2. The van der Waals surface area contributed by atoms with Crippen molar-refractivity contribution in [2.45, 2.75) is 20.0 Å². The van der Waals surface area contributed by atoms with Crippen LogP contribution in [0.2, 0.25) is 0 Å². The van der Waals surface area contributed by atoms with Crippen molar-refractivity contribution in [2.75, 3.05) is 11.1 Å². The summed E-state index contributed by atoms with van der Waals surface area (Å²) in [5.74, 6) is 0. The number of nitrogens with zero attached hydrogens (tertiary/aromatic N) is 3. The van der Waals surface area contributed by atoms with Crippen LogP contribution in [0.25, 0.3) is 11.1 Å². The average molecular weight is 345 g/mol. The number of aryl methyl sites for hydroxylation is 1. The van der Waals surface area contributed by atoms with Gasteiger partial charge in [0.25, 0.3) is 0 Å². The van der Waals surface area contributed by atoms with E-state index >= 15 is 0 Å². The van der Waals surface area contributed by atoms with E-state index in [1.54, 1.807) is 11.1 Å². The third kappa shape index (κ3) is 3.09. The highest BCUT2D eigenvalue weighted by molar-refractivity contribution is 5.94. The summed E-state index contributed by atoms with van der Waals surface area (Å²) in [6.07, 6.45) is 3.26. The van der Waals surface area contributed by atoms with Gasteiger partial charge >= 0.3 is 6.03 Å². The molecule has 0 spiro atoms. The van der Waals surface area contributed by atoms with Gasteiger partial charge in [-0.05, 0) is 30.2 Å². The highest BCUT2D eigenvalue weighted by atomic mass is 16.2. The number of nitrogens with two attached hydrogens (primary N) is 1. The molecule has 1 aromatic heterocycles. The topological polar surface area (TPSA) is 84.1 Å². The fourth-order valence-corrected chi connectivity index (χ4v) is 3.03. The quantitative estimate of drug-likeness (QED) is 0.695. The van der Waals surface area contributed by atoms with Crippen LogP contribution < -0.4 is 11.1 Å². The van der Waals surface area contributed by atoms with Gasteiger partial charge in [0.1, 0.15) is 6.33 Å². The molecule has 130 valence electrons. The van der Waals surface area contributed by atoms with Crippen LogP contribution in [-0.4, -0.2) is 20.9 Å². The third-order valence-corrected chi connectivity index (χ3v) is 4.55. The van der Waals surface area contributed by atoms with Gasteiger partial charge in [-0.25, -0.2) is 14.8 Å². The van der Waals surface area contributed by atoms with E-state index in [0.29, 0.717) is 24.5 Å². The zero-order valence-electron chi connectivity index (χ0n) is 14.4. The number of hydrogen-bond acceptors (Lipinski definition) is 4. The molecule has 2 aromatic carbocycles. The van der Waals surface area contributed by atoms with Crippen LogP contribution >= 0.6 is 0 Å². The highest BCUT2D eigenvalue weighted by Gasteiger charge is 2.24. The van der Waals surface area contributed by atoms with Crippen LogP contribution in [0.1, 0.15) is 16.8 Å².